The van der Waals surface area contributed by atoms with E-state index in [1.54, 1.807) is 11.8 Å². The lowest BCUT2D eigenvalue weighted by Gasteiger charge is -2.29. The minimum Gasteiger partial charge on any atom is -0.366 e. The number of fused-ring (bicyclic) bond motifs is 2. The summed E-state index contributed by atoms with van der Waals surface area (Å²) in [5, 5.41) is 3.42. The van der Waals surface area contributed by atoms with Crippen LogP contribution in [0.25, 0.3) is 11.0 Å². The first-order valence-electron chi connectivity index (χ1n) is 9.18. The lowest BCUT2D eigenvalue weighted by molar-refractivity contribution is -0.129. The maximum absolute atomic E-state index is 11.8. The van der Waals surface area contributed by atoms with Crippen LogP contribution in [0.1, 0.15) is 23.7 Å². The molecule has 0 radical (unpaired) electrons. The van der Waals surface area contributed by atoms with Gasteiger partial charge in [0.05, 0.1) is 23.3 Å². The van der Waals surface area contributed by atoms with Gasteiger partial charge in [0, 0.05) is 39.7 Å². The SMILES string of the molecule is CC(=O)N1CCc2c(nc(N(C)C)nc2NCc2ccc3[nH]c(=O)[nH]c3c2)C1. The monoisotopic (exact) mass is 381 g/mol. The standard InChI is InChI=1S/C19H23N7O2/c1-11(27)26-7-6-13-16(10-26)21-18(25(2)3)24-17(13)20-9-12-4-5-14-15(8-12)23-19(28)22-14/h4-5,8H,6-7,9-10H2,1-3H3,(H,20,21,24)(H2,22,23,28). The number of anilines is 2. The number of carbonyl (C=O) groups excluding carboxylic acids is 1. The average molecular weight is 381 g/mol. The average Bonchev–Trinajstić information content (AvgIpc) is 3.04. The predicted molar refractivity (Wildman–Crippen MR) is 107 cm³/mol. The number of aromatic nitrogens is 4. The van der Waals surface area contributed by atoms with Crippen molar-refractivity contribution in [1.29, 1.82) is 0 Å². The fraction of sp³-hybridized carbons (Fsp3) is 0.368. The van der Waals surface area contributed by atoms with Gasteiger partial charge < -0.3 is 25.1 Å². The van der Waals surface area contributed by atoms with Gasteiger partial charge >= 0.3 is 5.69 Å². The number of H-pyrrole nitrogens is 2. The van der Waals surface area contributed by atoms with Crippen molar-refractivity contribution in [3.63, 3.8) is 0 Å². The van der Waals surface area contributed by atoms with Gasteiger partial charge in [-0.2, -0.15) is 4.98 Å². The third-order valence-electron chi connectivity index (χ3n) is 4.94. The smallest absolute Gasteiger partial charge is 0.323 e. The van der Waals surface area contributed by atoms with E-state index in [1.165, 1.54) is 0 Å². The molecular weight excluding hydrogens is 358 g/mol. The summed E-state index contributed by atoms with van der Waals surface area (Å²) < 4.78 is 0. The van der Waals surface area contributed by atoms with Crippen molar-refractivity contribution in [1.82, 2.24) is 24.8 Å². The Bertz CT molecular complexity index is 1100. The van der Waals surface area contributed by atoms with Crippen LogP contribution in [0, 0.1) is 0 Å². The quantitative estimate of drug-likeness (QED) is 0.627. The Morgan fingerprint density at radius 2 is 2.04 bits per heavy atom. The summed E-state index contributed by atoms with van der Waals surface area (Å²) in [5.41, 5.74) is 4.32. The molecule has 146 valence electrons. The van der Waals surface area contributed by atoms with Crippen LogP contribution in [-0.2, 0) is 24.3 Å². The topological polar surface area (TPSA) is 110 Å². The van der Waals surface area contributed by atoms with E-state index in [0.717, 1.165) is 40.1 Å². The Labute approximate surface area is 161 Å². The molecule has 3 aromatic rings. The molecule has 1 aromatic carbocycles. The third-order valence-corrected chi connectivity index (χ3v) is 4.94. The summed E-state index contributed by atoms with van der Waals surface area (Å²) in [6.07, 6.45) is 0.717. The molecule has 1 aliphatic heterocycles. The first kappa shape index (κ1) is 18.0. The molecule has 3 N–H and O–H groups in total. The molecule has 9 heteroatoms. The number of nitrogens with zero attached hydrogens (tertiary/aromatic N) is 4. The van der Waals surface area contributed by atoms with Gasteiger partial charge in [-0.1, -0.05) is 6.07 Å². The second-order valence-electron chi connectivity index (χ2n) is 7.20. The number of benzene rings is 1. The lowest BCUT2D eigenvalue weighted by Crippen LogP contribution is -2.35. The van der Waals surface area contributed by atoms with Gasteiger partial charge in [0.2, 0.25) is 11.9 Å². The Hall–Kier alpha value is -3.36. The van der Waals surface area contributed by atoms with Crippen LogP contribution in [0.2, 0.25) is 0 Å². The van der Waals surface area contributed by atoms with Crippen molar-refractivity contribution >= 4 is 28.7 Å². The fourth-order valence-electron chi connectivity index (χ4n) is 3.41. The number of hydrogen-bond donors (Lipinski definition) is 3. The summed E-state index contributed by atoms with van der Waals surface area (Å²) in [6, 6.07) is 5.80. The molecule has 1 amide bonds. The number of rotatable bonds is 4. The van der Waals surface area contributed by atoms with Crippen molar-refractivity contribution in [2.75, 3.05) is 30.9 Å². The van der Waals surface area contributed by atoms with Gasteiger partial charge in [-0.3, -0.25) is 4.79 Å². The molecule has 4 rings (SSSR count). The molecule has 0 aliphatic carbocycles. The molecule has 1 aliphatic rings. The Kier molecular flexibility index (Phi) is 4.50. The zero-order valence-corrected chi connectivity index (χ0v) is 16.2. The van der Waals surface area contributed by atoms with Crippen LogP contribution in [0.4, 0.5) is 11.8 Å². The van der Waals surface area contributed by atoms with E-state index in [1.807, 2.05) is 37.2 Å². The van der Waals surface area contributed by atoms with Crippen LogP contribution in [0.5, 0.6) is 0 Å². The second-order valence-corrected chi connectivity index (χ2v) is 7.20. The van der Waals surface area contributed by atoms with Crippen molar-refractivity contribution in [3.05, 3.63) is 45.5 Å². The highest BCUT2D eigenvalue weighted by molar-refractivity contribution is 5.75. The largest absolute Gasteiger partial charge is 0.366 e. The highest BCUT2D eigenvalue weighted by atomic mass is 16.2. The van der Waals surface area contributed by atoms with Gasteiger partial charge in [0.1, 0.15) is 5.82 Å². The Morgan fingerprint density at radius 3 is 2.79 bits per heavy atom. The van der Waals surface area contributed by atoms with E-state index in [0.29, 0.717) is 25.6 Å². The lowest BCUT2D eigenvalue weighted by atomic mass is 10.1. The third kappa shape index (κ3) is 3.42. The predicted octanol–water partition coefficient (Wildman–Crippen LogP) is 1.23. The first-order valence-corrected chi connectivity index (χ1v) is 9.18. The minimum atomic E-state index is -0.212. The van der Waals surface area contributed by atoms with E-state index < -0.39 is 0 Å². The highest BCUT2D eigenvalue weighted by Crippen LogP contribution is 2.26. The molecule has 28 heavy (non-hydrogen) atoms. The summed E-state index contributed by atoms with van der Waals surface area (Å²) in [5.74, 6) is 1.45. The van der Waals surface area contributed by atoms with E-state index in [-0.39, 0.29) is 11.6 Å². The maximum atomic E-state index is 11.8. The van der Waals surface area contributed by atoms with Crippen LogP contribution in [-0.4, -0.2) is 51.4 Å². The summed E-state index contributed by atoms with van der Waals surface area (Å²) >= 11 is 0. The summed E-state index contributed by atoms with van der Waals surface area (Å²) in [7, 11) is 3.79. The van der Waals surface area contributed by atoms with E-state index in [9.17, 15) is 9.59 Å². The van der Waals surface area contributed by atoms with Crippen molar-refractivity contribution in [3.8, 4) is 0 Å². The number of aromatic amines is 2. The molecule has 0 saturated heterocycles. The summed E-state index contributed by atoms with van der Waals surface area (Å²) in [6.45, 7) is 3.31. The van der Waals surface area contributed by atoms with E-state index in [4.69, 9.17) is 0 Å². The number of amides is 1. The van der Waals surface area contributed by atoms with Gasteiger partial charge in [-0.15, -0.1) is 0 Å². The zero-order valence-electron chi connectivity index (χ0n) is 16.2. The van der Waals surface area contributed by atoms with Crippen LogP contribution >= 0.6 is 0 Å². The Balaban J connectivity index is 1.62. The van der Waals surface area contributed by atoms with Crippen molar-refractivity contribution < 1.29 is 4.79 Å². The van der Waals surface area contributed by atoms with Gasteiger partial charge in [-0.05, 0) is 24.1 Å². The molecule has 0 atom stereocenters. The number of imidazole rings is 1. The zero-order chi connectivity index (χ0) is 19.8. The van der Waals surface area contributed by atoms with Crippen LogP contribution < -0.4 is 15.9 Å². The Morgan fingerprint density at radius 1 is 1.25 bits per heavy atom. The fourth-order valence-corrected chi connectivity index (χ4v) is 3.41. The molecular formula is C19H23N7O2. The molecule has 0 unspecified atom stereocenters. The van der Waals surface area contributed by atoms with Gasteiger partial charge in [0.25, 0.3) is 0 Å². The van der Waals surface area contributed by atoms with Gasteiger partial charge in [0.15, 0.2) is 0 Å². The number of carbonyl (C=O) groups is 1. The minimum absolute atomic E-state index is 0.0546. The molecule has 0 spiro atoms. The second kappa shape index (κ2) is 6.99. The molecule has 0 saturated carbocycles. The van der Waals surface area contributed by atoms with Crippen molar-refractivity contribution in [2.24, 2.45) is 0 Å². The summed E-state index contributed by atoms with van der Waals surface area (Å²) in [4.78, 5) is 41.7. The number of hydrogen-bond acceptors (Lipinski definition) is 6. The van der Waals surface area contributed by atoms with Gasteiger partial charge in [-0.25, -0.2) is 9.78 Å². The molecule has 2 aromatic heterocycles. The van der Waals surface area contributed by atoms with E-state index in [2.05, 4.69) is 25.3 Å². The molecule has 3 heterocycles. The maximum Gasteiger partial charge on any atom is 0.323 e. The molecule has 0 fully saturated rings. The van der Waals surface area contributed by atoms with Crippen molar-refractivity contribution in [2.45, 2.75) is 26.4 Å². The normalized spacial score (nSPS) is 13.5. The molecule has 0 bridgehead atoms. The first-order chi connectivity index (χ1) is 13.4. The highest BCUT2D eigenvalue weighted by Gasteiger charge is 2.24. The van der Waals surface area contributed by atoms with Crippen LogP contribution in [0.3, 0.4) is 0 Å². The van der Waals surface area contributed by atoms with Crippen LogP contribution in [0.15, 0.2) is 23.0 Å². The van der Waals surface area contributed by atoms with E-state index >= 15 is 0 Å². The molecule has 9 nitrogen and oxygen atoms in total. The number of nitrogens with one attached hydrogen (secondary N) is 3.